The lowest BCUT2D eigenvalue weighted by Gasteiger charge is -2.38. The monoisotopic (exact) mass is 231 g/mol. The number of amides is 1. The summed E-state index contributed by atoms with van der Waals surface area (Å²) in [5, 5.41) is 2.70. The Morgan fingerprint density at radius 2 is 2.07 bits per heavy atom. The Kier molecular flexibility index (Phi) is 3.21. The highest BCUT2D eigenvalue weighted by Crippen LogP contribution is 2.44. The van der Waals surface area contributed by atoms with Crippen molar-refractivity contribution in [2.75, 3.05) is 13.2 Å². The second-order valence-electron chi connectivity index (χ2n) is 4.65. The minimum absolute atomic E-state index is 0.0154. The number of rotatable bonds is 3. The summed E-state index contributed by atoms with van der Waals surface area (Å²) in [4.78, 5) is 11.7. The molecule has 86 valence electrons. The Balaban J connectivity index is 2.01. The fourth-order valence-corrected chi connectivity index (χ4v) is 2.41. The fourth-order valence-electron chi connectivity index (χ4n) is 2.35. The van der Waals surface area contributed by atoms with E-state index in [1.54, 1.807) is 6.92 Å². The van der Waals surface area contributed by atoms with Crippen LogP contribution in [0, 0.1) is 5.92 Å². The highest BCUT2D eigenvalue weighted by Gasteiger charge is 2.47. The summed E-state index contributed by atoms with van der Waals surface area (Å²) >= 11 is 5.79. The van der Waals surface area contributed by atoms with E-state index in [0.29, 0.717) is 5.92 Å². The molecule has 1 saturated carbocycles. The van der Waals surface area contributed by atoms with Crippen LogP contribution in [0.3, 0.4) is 0 Å². The summed E-state index contributed by atoms with van der Waals surface area (Å²) in [5.41, 5.74) is -0.0154. The molecule has 0 aromatic rings. The predicted octanol–water partition coefficient (Wildman–Crippen LogP) is 1.69. The number of ether oxygens (including phenoxy) is 1. The van der Waals surface area contributed by atoms with Gasteiger partial charge in [-0.2, -0.15) is 0 Å². The van der Waals surface area contributed by atoms with Crippen molar-refractivity contribution < 1.29 is 9.53 Å². The number of halogens is 1. The maximum Gasteiger partial charge on any atom is 0.238 e. The molecule has 0 spiro atoms. The number of hydrogen-bond donors (Lipinski definition) is 1. The summed E-state index contributed by atoms with van der Waals surface area (Å²) in [7, 11) is 0. The summed E-state index contributed by atoms with van der Waals surface area (Å²) in [6.07, 6.45) is 4.34. The Morgan fingerprint density at radius 1 is 1.47 bits per heavy atom. The average Bonchev–Trinajstić information content (AvgIpc) is 3.02. The second kappa shape index (κ2) is 4.30. The molecule has 1 aliphatic heterocycles. The van der Waals surface area contributed by atoms with Gasteiger partial charge in [0.25, 0.3) is 0 Å². The number of nitrogens with one attached hydrogen (secondary N) is 1. The molecular weight excluding hydrogens is 214 g/mol. The van der Waals surface area contributed by atoms with Gasteiger partial charge in [0, 0.05) is 18.8 Å². The standard InChI is InChI=1S/C11H18ClNO2/c1-8(12)10(14)13-11(9-2-3-9)4-6-15-7-5-11/h8-9H,2-7H2,1H3,(H,13,14). The molecule has 4 heteroatoms. The van der Waals surface area contributed by atoms with Crippen molar-refractivity contribution in [2.45, 2.75) is 43.5 Å². The van der Waals surface area contributed by atoms with Gasteiger partial charge in [0.1, 0.15) is 5.38 Å². The molecule has 2 fully saturated rings. The van der Waals surface area contributed by atoms with Crippen LogP contribution in [0.15, 0.2) is 0 Å². The van der Waals surface area contributed by atoms with Crippen LogP contribution in [-0.4, -0.2) is 30.0 Å². The highest BCUT2D eigenvalue weighted by atomic mass is 35.5. The molecule has 1 atom stereocenters. The molecule has 1 saturated heterocycles. The molecule has 0 aromatic carbocycles. The quantitative estimate of drug-likeness (QED) is 0.751. The minimum atomic E-state index is -0.441. The Hall–Kier alpha value is -0.280. The summed E-state index contributed by atoms with van der Waals surface area (Å²) < 4.78 is 5.36. The van der Waals surface area contributed by atoms with Crippen molar-refractivity contribution in [3.63, 3.8) is 0 Å². The third-order valence-corrected chi connectivity index (χ3v) is 3.68. The van der Waals surface area contributed by atoms with E-state index in [0.717, 1.165) is 26.1 Å². The van der Waals surface area contributed by atoms with E-state index in [-0.39, 0.29) is 11.4 Å². The van der Waals surface area contributed by atoms with Gasteiger partial charge < -0.3 is 10.1 Å². The molecule has 1 amide bonds. The molecule has 0 aromatic heterocycles. The molecule has 3 nitrogen and oxygen atoms in total. The lowest BCUT2D eigenvalue weighted by Crippen LogP contribution is -2.55. The largest absolute Gasteiger partial charge is 0.381 e. The summed E-state index contributed by atoms with van der Waals surface area (Å²) in [6, 6.07) is 0. The second-order valence-corrected chi connectivity index (χ2v) is 5.30. The first-order valence-corrected chi connectivity index (χ1v) is 6.11. The van der Waals surface area contributed by atoms with Crippen molar-refractivity contribution in [3.8, 4) is 0 Å². The van der Waals surface area contributed by atoms with Gasteiger partial charge in [-0.05, 0) is 38.5 Å². The van der Waals surface area contributed by atoms with E-state index in [2.05, 4.69) is 5.32 Å². The van der Waals surface area contributed by atoms with Gasteiger partial charge in [-0.3, -0.25) is 4.79 Å². The van der Waals surface area contributed by atoms with Crippen LogP contribution in [0.25, 0.3) is 0 Å². The van der Waals surface area contributed by atoms with Gasteiger partial charge in [0.2, 0.25) is 5.91 Å². The molecule has 1 aliphatic carbocycles. The van der Waals surface area contributed by atoms with Crippen LogP contribution in [0.4, 0.5) is 0 Å². The fraction of sp³-hybridized carbons (Fsp3) is 0.909. The van der Waals surface area contributed by atoms with E-state index in [1.807, 2.05) is 0 Å². The first-order valence-electron chi connectivity index (χ1n) is 5.68. The first-order chi connectivity index (χ1) is 7.14. The third-order valence-electron chi connectivity index (χ3n) is 3.48. The smallest absolute Gasteiger partial charge is 0.238 e. The van der Waals surface area contributed by atoms with E-state index >= 15 is 0 Å². The van der Waals surface area contributed by atoms with Crippen LogP contribution in [0.5, 0.6) is 0 Å². The van der Waals surface area contributed by atoms with Crippen LogP contribution in [0.2, 0.25) is 0 Å². The van der Waals surface area contributed by atoms with Crippen LogP contribution in [-0.2, 0) is 9.53 Å². The van der Waals surface area contributed by atoms with Gasteiger partial charge in [0.15, 0.2) is 0 Å². The van der Waals surface area contributed by atoms with Gasteiger partial charge in [-0.15, -0.1) is 11.6 Å². The zero-order valence-corrected chi connectivity index (χ0v) is 9.85. The SMILES string of the molecule is CC(Cl)C(=O)NC1(C2CC2)CCOCC1. The summed E-state index contributed by atoms with van der Waals surface area (Å²) in [6.45, 7) is 3.23. The molecule has 15 heavy (non-hydrogen) atoms. The minimum Gasteiger partial charge on any atom is -0.381 e. The predicted molar refractivity (Wildman–Crippen MR) is 59.0 cm³/mol. The van der Waals surface area contributed by atoms with Crippen molar-refractivity contribution in [2.24, 2.45) is 5.92 Å². The topological polar surface area (TPSA) is 38.3 Å². The van der Waals surface area contributed by atoms with Crippen molar-refractivity contribution in [1.29, 1.82) is 0 Å². The maximum atomic E-state index is 11.7. The van der Waals surface area contributed by atoms with Crippen molar-refractivity contribution in [3.05, 3.63) is 0 Å². The zero-order chi connectivity index (χ0) is 10.9. The van der Waals surface area contributed by atoms with Crippen LogP contribution < -0.4 is 5.32 Å². The average molecular weight is 232 g/mol. The Labute approximate surface area is 95.5 Å². The van der Waals surface area contributed by atoms with E-state index < -0.39 is 5.38 Å². The van der Waals surface area contributed by atoms with Gasteiger partial charge >= 0.3 is 0 Å². The molecule has 2 rings (SSSR count). The maximum absolute atomic E-state index is 11.7. The van der Waals surface area contributed by atoms with E-state index in [9.17, 15) is 4.79 Å². The van der Waals surface area contributed by atoms with Crippen molar-refractivity contribution in [1.82, 2.24) is 5.32 Å². The molecule has 1 unspecified atom stereocenters. The van der Waals surface area contributed by atoms with Crippen molar-refractivity contribution >= 4 is 17.5 Å². The van der Waals surface area contributed by atoms with Crippen LogP contribution in [0.1, 0.15) is 32.6 Å². The highest BCUT2D eigenvalue weighted by molar-refractivity contribution is 6.30. The normalized spacial score (nSPS) is 27.1. The number of alkyl halides is 1. The van der Waals surface area contributed by atoms with Gasteiger partial charge in [-0.25, -0.2) is 0 Å². The zero-order valence-electron chi connectivity index (χ0n) is 9.09. The Bertz CT molecular complexity index is 245. The van der Waals surface area contributed by atoms with E-state index in [4.69, 9.17) is 16.3 Å². The number of carbonyl (C=O) groups is 1. The third kappa shape index (κ3) is 2.45. The first kappa shape index (κ1) is 11.2. The lowest BCUT2D eigenvalue weighted by atomic mass is 9.84. The molecule has 0 radical (unpaired) electrons. The molecule has 0 bridgehead atoms. The number of carbonyl (C=O) groups excluding carboxylic acids is 1. The lowest BCUT2D eigenvalue weighted by molar-refractivity contribution is -0.124. The molecule has 1 heterocycles. The van der Waals surface area contributed by atoms with Gasteiger partial charge in [0.05, 0.1) is 0 Å². The molecule has 1 N–H and O–H groups in total. The van der Waals surface area contributed by atoms with E-state index in [1.165, 1.54) is 12.8 Å². The summed E-state index contributed by atoms with van der Waals surface area (Å²) in [5.74, 6) is 0.617. The molecular formula is C11H18ClNO2. The Morgan fingerprint density at radius 3 is 2.53 bits per heavy atom. The van der Waals surface area contributed by atoms with Crippen LogP contribution >= 0.6 is 11.6 Å². The number of hydrogen-bond acceptors (Lipinski definition) is 2. The van der Waals surface area contributed by atoms with Gasteiger partial charge in [-0.1, -0.05) is 0 Å². The molecule has 2 aliphatic rings.